The van der Waals surface area contributed by atoms with Gasteiger partial charge in [-0.25, -0.2) is 0 Å². The molecule has 0 aromatic heterocycles. The first-order chi connectivity index (χ1) is 18.1. The first-order valence-electron chi connectivity index (χ1n) is 13.7. The maximum Gasteiger partial charge on any atom is 0.0710 e. The van der Waals surface area contributed by atoms with Crippen molar-refractivity contribution in [1.29, 1.82) is 0 Å². The molecule has 0 bridgehead atoms. The molecule has 0 amide bonds. The van der Waals surface area contributed by atoms with Gasteiger partial charge in [0.25, 0.3) is 0 Å². The van der Waals surface area contributed by atoms with Crippen LogP contribution < -0.4 is 10.6 Å². The molecule has 0 heterocycles. The highest BCUT2D eigenvalue weighted by Crippen LogP contribution is 2.46. The van der Waals surface area contributed by atoms with Gasteiger partial charge in [0.15, 0.2) is 0 Å². The van der Waals surface area contributed by atoms with E-state index in [2.05, 4.69) is 158 Å². The Kier molecular flexibility index (Phi) is 8.69. The van der Waals surface area contributed by atoms with E-state index in [-0.39, 0.29) is 10.8 Å². The molecule has 196 valence electrons. The highest BCUT2D eigenvalue weighted by atomic mass is 31.1. The van der Waals surface area contributed by atoms with Gasteiger partial charge >= 0.3 is 0 Å². The van der Waals surface area contributed by atoms with Crippen molar-refractivity contribution in [2.24, 2.45) is 21.7 Å². The zero-order chi connectivity index (χ0) is 27.3. The molecule has 2 aromatic carbocycles. The summed E-state index contributed by atoms with van der Waals surface area (Å²) < 4.78 is 0. The number of benzene rings is 2. The second kappa shape index (κ2) is 11.8. The molecule has 0 aliphatic heterocycles. The smallest absolute Gasteiger partial charge is 0.0710 e. The van der Waals surface area contributed by atoms with Crippen molar-refractivity contribution < 1.29 is 0 Å². The second-order valence-corrected chi connectivity index (χ2v) is 14.5. The van der Waals surface area contributed by atoms with Gasteiger partial charge < -0.3 is 0 Å². The average Bonchev–Trinajstić information content (AvgIpc) is 3.20. The van der Waals surface area contributed by atoms with Gasteiger partial charge in [-0.15, -0.1) is 0 Å². The lowest BCUT2D eigenvalue weighted by molar-refractivity contribution is 0.330. The molecule has 2 heteroatoms. The third kappa shape index (κ3) is 6.69. The van der Waals surface area contributed by atoms with Gasteiger partial charge in [0.2, 0.25) is 0 Å². The summed E-state index contributed by atoms with van der Waals surface area (Å²) in [6.07, 6.45) is 19.1. The van der Waals surface area contributed by atoms with Crippen LogP contribution >= 0.6 is 7.92 Å². The van der Waals surface area contributed by atoms with E-state index < -0.39 is 7.92 Å². The van der Waals surface area contributed by atoms with Gasteiger partial charge in [0.05, 0.1) is 5.70 Å². The van der Waals surface area contributed by atoms with Crippen molar-refractivity contribution >= 4 is 24.7 Å². The highest BCUT2D eigenvalue weighted by molar-refractivity contribution is 7.77. The lowest BCUT2D eigenvalue weighted by Gasteiger charge is -2.29. The van der Waals surface area contributed by atoms with E-state index in [1.165, 1.54) is 32.6 Å². The summed E-state index contributed by atoms with van der Waals surface area (Å²) >= 11 is 0. The molecule has 0 fully saturated rings. The van der Waals surface area contributed by atoms with Crippen LogP contribution in [0.25, 0.3) is 0 Å². The van der Waals surface area contributed by atoms with Crippen LogP contribution in [0.2, 0.25) is 0 Å². The van der Waals surface area contributed by atoms with Gasteiger partial charge in [-0.3, -0.25) is 4.99 Å². The molecule has 1 nitrogen and oxygen atoms in total. The number of rotatable bonds is 5. The fourth-order valence-electron chi connectivity index (χ4n) is 5.02. The van der Waals surface area contributed by atoms with Crippen LogP contribution in [0.15, 0.2) is 136 Å². The molecule has 2 aliphatic carbocycles. The maximum atomic E-state index is 5.25. The first-order valence-corrected chi connectivity index (χ1v) is 15.0. The summed E-state index contributed by atoms with van der Waals surface area (Å²) in [5.41, 5.74) is 5.18. The van der Waals surface area contributed by atoms with Crippen molar-refractivity contribution in [2.45, 2.75) is 54.9 Å². The number of hydrogen-bond donors (Lipinski definition) is 0. The third-order valence-corrected chi connectivity index (χ3v) is 9.69. The molecule has 2 aliphatic rings. The predicted octanol–water partition coefficient (Wildman–Crippen LogP) is 9.44. The normalized spacial score (nSPS) is 18.8. The standard InChI is InChI=1S/C36H42NP/c1-27-28(25-29(35(2,3)4)23-24-32(27)36(5,6)7)26-37-33-21-15-10-16-22-34(33)38(30-17-11-8-12-18-30)31-19-13-9-14-20-31/h8-9,11-26,32H,10H2,1-7H3. The van der Waals surface area contributed by atoms with E-state index in [1.807, 2.05) is 0 Å². The molecule has 2 aromatic rings. The van der Waals surface area contributed by atoms with E-state index >= 15 is 0 Å². The molecule has 4 rings (SSSR count). The number of hydrogen-bond acceptors (Lipinski definition) is 1. The Balaban J connectivity index is 1.88. The Morgan fingerprint density at radius 2 is 1.37 bits per heavy atom. The molecule has 0 N–H and O–H groups in total. The lowest BCUT2D eigenvalue weighted by Crippen LogP contribution is -2.20. The Hall–Kier alpha value is -3.02. The van der Waals surface area contributed by atoms with Gasteiger partial charge in [-0.2, -0.15) is 0 Å². The summed E-state index contributed by atoms with van der Waals surface area (Å²) in [7, 11) is -0.741. The Morgan fingerprint density at radius 3 is 1.92 bits per heavy atom. The van der Waals surface area contributed by atoms with Crippen molar-refractivity contribution in [3.8, 4) is 0 Å². The van der Waals surface area contributed by atoms with E-state index in [1.54, 1.807) is 0 Å². The fourth-order valence-corrected chi connectivity index (χ4v) is 7.44. The summed E-state index contributed by atoms with van der Waals surface area (Å²) in [6.45, 7) is 16.1. The van der Waals surface area contributed by atoms with Crippen LogP contribution in [-0.4, -0.2) is 6.21 Å². The quantitative estimate of drug-likeness (QED) is 0.276. The van der Waals surface area contributed by atoms with Crippen molar-refractivity contribution in [1.82, 2.24) is 0 Å². The van der Waals surface area contributed by atoms with E-state index in [9.17, 15) is 0 Å². The number of aliphatic imine (C=N–C) groups is 1. The first kappa shape index (κ1) is 28.0. The Labute approximate surface area is 231 Å². The minimum atomic E-state index is -0.741. The summed E-state index contributed by atoms with van der Waals surface area (Å²) in [5.74, 6) is 0.351. The van der Waals surface area contributed by atoms with Crippen molar-refractivity contribution in [2.75, 3.05) is 0 Å². The molecular weight excluding hydrogens is 477 g/mol. The summed E-state index contributed by atoms with van der Waals surface area (Å²) in [5, 5.41) is 3.97. The SMILES string of the molecule is CC1=C(C=NC2=C(P(c3ccccc3)c3ccccc3)C=CCC=C2)C=C(C(C)(C)C)C=CC1C(C)(C)C. The molecule has 0 radical (unpaired) electrons. The van der Waals surface area contributed by atoms with Gasteiger partial charge in [-0.1, -0.05) is 138 Å². The molecule has 1 atom stereocenters. The monoisotopic (exact) mass is 519 g/mol. The van der Waals surface area contributed by atoms with Crippen LogP contribution in [0.4, 0.5) is 0 Å². The van der Waals surface area contributed by atoms with Crippen LogP contribution in [0.1, 0.15) is 54.9 Å². The molecular formula is C36H42NP. The third-order valence-electron chi connectivity index (χ3n) is 7.20. The maximum absolute atomic E-state index is 5.25. The van der Waals surface area contributed by atoms with E-state index in [4.69, 9.17) is 4.99 Å². The summed E-state index contributed by atoms with van der Waals surface area (Å²) in [4.78, 5) is 5.25. The highest BCUT2D eigenvalue weighted by Gasteiger charge is 2.28. The van der Waals surface area contributed by atoms with Gasteiger partial charge in [0.1, 0.15) is 0 Å². The lowest BCUT2D eigenvalue weighted by atomic mass is 9.75. The van der Waals surface area contributed by atoms with Gasteiger partial charge in [-0.05, 0) is 66.0 Å². The summed E-state index contributed by atoms with van der Waals surface area (Å²) in [6, 6.07) is 21.8. The van der Waals surface area contributed by atoms with Crippen LogP contribution in [0.3, 0.4) is 0 Å². The van der Waals surface area contributed by atoms with Gasteiger partial charge in [0, 0.05) is 17.4 Å². The Bertz CT molecular complexity index is 1290. The predicted molar refractivity (Wildman–Crippen MR) is 170 cm³/mol. The van der Waals surface area contributed by atoms with Crippen LogP contribution in [0, 0.1) is 16.7 Å². The van der Waals surface area contributed by atoms with Crippen LogP contribution in [0.5, 0.6) is 0 Å². The average molecular weight is 520 g/mol. The molecule has 0 spiro atoms. The fraction of sp³-hybridized carbons (Fsp3) is 0.306. The largest absolute Gasteiger partial charge is 0.256 e. The van der Waals surface area contributed by atoms with Crippen molar-refractivity contribution in [3.63, 3.8) is 0 Å². The topological polar surface area (TPSA) is 12.4 Å². The zero-order valence-electron chi connectivity index (χ0n) is 24.1. The zero-order valence-corrected chi connectivity index (χ0v) is 25.0. The molecule has 38 heavy (non-hydrogen) atoms. The van der Waals surface area contributed by atoms with Crippen LogP contribution in [-0.2, 0) is 0 Å². The minimum absolute atomic E-state index is 0.0625. The van der Waals surface area contributed by atoms with E-state index in [0.717, 1.165) is 12.1 Å². The number of nitrogens with zero attached hydrogens (tertiary/aromatic N) is 1. The molecule has 0 saturated heterocycles. The minimum Gasteiger partial charge on any atom is -0.256 e. The molecule has 1 unspecified atom stereocenters. The number of allylic oxidation sites excluding steroid dienone is 11. The van der Waals surface area contributed by atoms with E-state index in [0.29, 0.717) is 5.92 Å². The Morgan fingerprint density at radius 1 is 0.789 bits per heavy atom. The van der Waals surface area contributed by atoms with Crippen molar-refractivity contribution in [3.05, 3.63) is 131 Å². The molecule has 0 saturated carbocycles. The second-order valence-electron chi connectivity index (χ2n) is 12.3.